The van der Waals surface area contributed by atoms with E-state index in [9.17, 15) is 4.79 Å². The van der Waals surface area contributed by atoms with Gasteiger partial charge >= 0.3 is 6.09 Å². The topological polar surface area (TPSA) is 38.8 Å². The van der Waals surface area contributed by atoms with Crippen molar-refractivity contribution in [3.05, 3.63) is 0 Å². The maximum Gasteiger partial charge on any atom is 0.410 e. The van der Waals surface area contributed by atoms with Gasteiger partial charge in [0, 0.05) is 13.2 Å². The lowest BCUT2D eigenvalue weighted by Gasteiger charge is -2.24. The Morgan fingerprint density at radius 3 is 2.50 bits per heavy atom. The Balaban J connectivity index is 2.45. The van der Waals surface area contributed by atoms with E-state index < -0.39 is 5.60 Å². The van der Waals surface area contributed by atoms with Crippen LogP contribution in [0.25, 0.3) is 0 Å². The molecular formula is C13H24INO3. The SMILES string of the molecule is CC(C)COC1CN(C(=O)OC(C)(C)C)CC1I. The van der Waals surface area contributed by atoms with Gasteiger partial charge in [0.1, 0.15) is 5.60 Å². The smallest absolute Gasteiger partial charge is 0.410 e. The lowest BCUT2D eigenvalue weighted by molar-refractivity contribution is 0.0181. The van der Waals surface area contributed by atoms with E-state index in [-0.39, 0.29) is 12.2 Å². The predicted octanol–water partition coefficient (Wildman–Crippen LogP) is 3.08. The molecule has 1 fully saturated rings. The Bertz CT molecular complexity index is 288. The van der Waals surface area contributed by atoms with Gasteiger partial charge in [-0.15, -0.1) is 0 Å². The number of carbonyl (C=O) groups excluding carboxylic acids is 1. The normalized spacial score (nSPS) is 24.7. The molecule has 0 radical (unpaired) electrons. The summed E-state index contributed by atoms with van der Waals surface area (Å²) in [6.07, 6.45) is -0.111. The molecule has 4 nitrogen and oxygen atoms in total. The zero-order valence-corrected chi connectivity index (χ0v) is 14.1. The molecule has 1 amide bonds. The van der Waals surface area contributed by atoms with Crippen LogP contribution < -0.4 is 0 Å². The molecule has 0 aromatic heterocycles. The van der Waals surface area contributed by atoms with Gasteiger partial charge < -0.3 is 14.4 Å². The van der Waals surface area contributed by atoms with Crippen LogP contribution >= 0.6 is 22.6 Å². The van der Waals surface area contributed by atoms with Crippen molar-refractivity contribution in [2.75, 3.05) is 19.7 Å². The predicted molar refractivity (Wildman–Crippen MR) is 80.2 cm³/mol. The van der Waals surface area contributed by atoms with Gasteiger partial charge in [-0.3, -0.25) is 0 Å². The van der Waals surface area contributed by atoms with Crippen molar-refractivity contribution >= 4 is 28.7 Å². The molecule has 0 aromatic rings. The van der Waals surface area contributed by atoms with Gasteiger partial charge in [0.05, 0.1) is 16.6 Å². The summed E-state index contributed by atoms with van der Waals surface area (Å²) >= 11 is 2.35. The number of likely N-dealkylation sites (tertiary alicyclic amines) is 1. The Morgan fingerprint density at radius 2 is 2.00 bits per heavy atom. The van der Waals surface area contributed by atoms with E-state index in [2.05, 4.69) is 36.4 Å². The number of nitrogens with zero attached hydrogens (tertiary/aromatic N) is 1. The second-order valence-electron chi connectivity index (χ2n) is 6.17. The van der Waals surface area contributed by atoms with Crippen LogP contribution in [0.5, 0.6) is 0 Å². The number of amides is 1. The average Bonchev–Trinajstić information content (AvgIpc) is 2.54. The van der Waals surface area contributed by atoms with Crippen molar-refractivity contribution in [3.8, 4) is 0 Å². The second-order valence-corrected chi connectivity index (χ2v) is 7.77. The van der Waals surface area contributed by atoms with Crippen LogP contribution in [0.3, 0.4) is 0 Å². The number of ether oxygens (including phenoxy) is 2. The first-order chi connectivity index (χ1) is 8.19. The quantitative estimate of drug-likeness (QED) is 0.567. The fourth-order valence-electron chi connectivity index (χ4n) is 1.68. The van der Waals surface area contributed by atoms with E-state index in [0.717, 1.165) is 6.61 Å². The molecule has 0 spiro atoms. The molecule has 0 aromatic carbocycles. The third-order valence-electron chi connectivity index (χ3n) is 2.49. The van der Waals surface area contributed by atoms with Crippen molar-refractivity contribution in [2.45, 2.75) is 50.2 Å². The summed E-state index contributed by atoms with van der Waals surface area (Å²) in [5.74, 6) is 0.518. The van der Waals surface area contributed by atoms with Gasteiger partial charge in [0.25, 0.3) is 0 Å². The molecule has 106 valence electrons. The largest absolute Gasteiger partial charge is 0.444 e. The van der Waals surface area contributed by atoms with Gasteiger partial charge in [0.15, 0.2) is 0 Å². The molecule has 1 rings (SSSR count). The Labute approximate surface area is 124 Å². The molecule has 0 aliphatic carbocycles. The first-order valence-electron chi connectivity index (χ1n) is 6.42. The van der Waals surface area contributed by atoms with Gasteiger partial charge in [-0.05, 0) is 26.7 Å². The van der Waals surface area contributed by atoms with Crippen molar-refractivity contribution in [1.29, 1.82) is 0 Å². The van der Waals surface area contributed by atoms with Crippen LogP contribution in [-0.2, 0) is 9.47 Å². The van der Waals surface area contributed by atoms with Crippen LogP contribution in [0, 0.1) is 5.92 Å². The molecule has 2 atom stereocenters. The highest BCUT2D eigenvalue weighted by molar-refractivity contribution is 14.1. The Morgan fingerprint density at radius 1 is 1.39 bits per heavy atom. The fraction of sp³-hybridized carbons (Fsp3) is 0.923. The standard InChI is InChI=1S/C13H24INO3/c1-9(2)8-17-11-7-15(6-10(11)14)12(16)18-13(3,4)5/h9-11H,6-8H2,1-5H3. The molecule has 0 bridgehead atoms. The molecule has 18 heavy (non-hydrogen) atoms. The molecule has 1 heterocycles. The summed E-state index contributed by atoms with van der Waals surface area (Å²) in [5, 5.41) is 0. The maximum atomic E-state index is 11.9. The first-order valence-corrected chi connectivity index (χ1v) is 7.67. The highest BCUT2D eigenvalue weighted by atomic mass is 127. The monoisotopic (exact) mass is 369 g/mol. The lowest BCUT2D eigenvalue weighted by Crippen LogP contribution is -2.36. The van der Waals surface area contributed by atoms with Crippen molar-refractivity contribution < 1.29 is 14.3 Å². The Kier molecular flexibility index (Phi) is 5.70. The van der Waals surface area contributed by atoms with E-state index in [1.807, 2.05) is 20.8 Å². The molecule has 1 saturated heterocycles. The molecule has 0 N–H and O–H groups in total. The van der Waals surface area contributed by atoms with Gasteiger partial charge in [-0.25, -0.2) is 4.79 Å². The van der Waals surface area contributed by atoms with Crippen molar-refractivity contribution in [2.24, 2.45) is 5.92 Å². The van der Waals surface area contributed by atoms with E-state index in [4.69, 9.17) is 9.47 Å². The van der Waals surface area contributed by atoms with Gasteiger partial charge in [-0.1, -0.05) is 36.4 Å². The number of carbonyl (C=O) groups is 1. The molecule has 1 aliphatic rings. The van der Waals surface area contributed by atoms with Gasteiger partial charge in [0.2, 0.25) is 0 Å². The molecule has 5 heteroatoms. The summed E-state index contributed by atoms with van der Waals surface area (Å²) in [6, 6.07) is 0. The highest BCUT2D eigenvalue weighted by Crippen LogP contribution is 2.23. The van der Waals surface area contributed by atoms with E-state index >= 15 is 0 Å². The fourth-order valence-corrected chi connectivity index (χ4v) is 2.59. The van der Waals surface area contributed by atoms with E-state index in [0.29, 0.717) is 22.9 Å². The van der Waals surface area contributed by atoms with Crippen LogP contribution in [0.1, 0.15) is 34.6 Å². The van der Waals surface area contributed by atoms with Gasteiger partial charge in [-0.2, -0.15) is 0 Å². The zero-order valence-electron chi connectivity index (χ0n) is 11.9. The van der Waals surface area contributed by atoms with Crippen LogP contribution in [-0.4, -0.2) is 46.3 Å². The molecule has 1 aliphatic heterocycles. The second kappa shape index (κ2) is 6.41. The third kappa shape index (κ3) is 5.30. The average molecular weight is 369 g/mol. The Hall–Kier alpha value is -0.0400. The van der Waals surface area contributed by atoms with Crippen LogP contribution in [0.4, 0.5) is 4.79 Å². The number of halogens is 1. The summed E-state index contributed by atoms with van der Waals surface area (Å²) in [5.41, 5.74) is -0.436. The minimum Gasteiger partial charge on any atom is -0.444 e. The van der Waals surface area contributed by atoms with Crippen LogP contribution in [0.15, 0.2) is 0 Å². The summed E-state index contributed by atoms with van der Waals surface area (Å²) in [4.78, 5) is 13.7. The summed E-state index contributed by atoms with van der Waals surface area (Å²) in [6.45, 7) is 12.0. The first kappa shape index (κ1) is 16.0. The maximum absolute atomic E-state index is 11.9. The number of rotatable bonds is 3. The molecule has 0 saturated carbocycles. The highest BCUT2D eigenvalue weighted by Gasteiger charge is 2.36. The van der Waals surface area contributed by atoms with Crippen molar-refractivity contribution in [1.82, 2.24) is 4.90 Å². The van der Waals surface area contributed by atoms with E-state index in [1.54, 1.807) is 4.90 Å². The molecule has 2 unspecified atom stereocenters. The zero-order chi connectivity index (χ0) is 13.9. The minimum atomic E-state index is -0.436. The van der Waals surface area contributed by atoms with Crippen molar-refractivity contribution in [3.63, 3.8) is 0 Å². The summed E-state index contributed by atoms with van der Waals surface area (Å²) < 4.78 is 11.5. The number of hydrogen-bond donors (Lipinski definition) is 0. The third-order valence-corrected chi connectivity index (χ3v) is 3.69. The number of alkyl halides is 1. The number of hydrogen-bond acceptors (Lipinski definition) is 3. The van der Waals surface area contributed by atoms with E-state index in [1.165, 1.54) is 0 Å². The molecular weight excluding hydrogens is 345 g/mol. The van der Waals surface area contributed by atoms with Crippen LogP contribution in [0.2, 0.25) is 0 Å². The minimum absolute atomic E-state index is 0.125. The lowest BCUT2D eigenvalue weighted by atomic mass is 10.2. The summed E-state index contributed by atoms with van der Waals surface area (Å²) in [7, 11) is 0.